The topological polar surface area (TPSA) is 77.2 Å². The number of nitrogens with zero attached hydrogens (tertiary/aromatic N) is 1. The van der Waals surface area contributed by atoms with Gasteiger partial charge in [0.2, 0.25) is 0 Å². The number of carbonyl (C=O) groups excluding carboxylic acids is 1. The fraction of sp³-hybridized carbons (Fsp3) is 0.500. The summed E-state index contributed by atoms with van der Waals surface area (Å²) in [6.07, 6.45) is 1.92. The molecule has 3 N–H and O–H groups in total. The smallest absolute Gasteiger partial charge is 0.307 e. The zero-order valence-electron chi connectivity index (χ0n) is 7.95. The Kier molecular flexibility index (Phi) is 4.18. The quantitative estimate of drug-likeness (QED) is 0.719. The fourth-order valence-corrected chi connectivity index (χ4v) is 1.48. The molecule has 14 heavy (non-hydrogen) atoms. The molecule has 78 valence electrons. The van der Waals surface area contributed by atoms with Crippen LogP contribution < -0.4 is 11.1 Å². The highest BCUT2D eigenvalue weighted by atomic mass is 32.1. The molecule has 1 aromatic heterocycles. The summed E-state index contributed by atoms with van der Waals surface area (Å²) in [6.45, 7) is 2.72. The number of anilines is 2. The van der Waals surface area contributed by atoms with Gasteiger partial charge >= 0.3 is 5.97 Å². The largest absolute Gasteiger partial charge is 0.466 e. The zero-order valence-corrected chi connectivity index (χ0v) is 8.76. The minimum absolute atomic E-state index is 0.204. The van der Waals surface area contributed by atoms with Crippen molar-refractivity contribution in [1.29, 1.82) is 0 Å². The van der Waals surface area contributed by atoms with Crippen molar-refractivity contribution in [2.45, 2.75) is 13.3 Å². The number of nitrogens with one attached hydrogen (secondary N) is 1. The Labute approximate surface area is 86.3 Å². The van der Waals surface area contributed by atoms with Gasteiger partial charge in [0, 0.05) is 6.54 Å². The van der Waals surface area contributed by atoms with Crippen molar-refractivity contribution in [3.8, 4) is 0 Å². The molecule has 0 unspecified atom stereocenters. The molecular formula is C8H13N3O2S. The van der Waals surface area contributed by atoms with E-state index in [9.17, 15) is 4.79 Å². The van der Waals surface area contributed by atoms with E-state index in [2.05, 4.69) is 10.3 Å². The molecule has 5 nitrogen and oxygen atoms in total. The second-order valence-electron chi connectivity index (χ2n) is 2.55. The van der Waals surface area contributed by atoms with Gasteiger partial charge < -0.3 is 15.8 Å². The van der Waals surface area contributed by atoms with Crippen molar-refractivity contribution >= 4 is 27.4 Å². The number of hydrogen-bond acceptors (Lipinski definition) is 6. The van der Waals surface area contributed by atoms with Crippen LogP contribution in [-0.2, 0) is 9.53 Å². The standard InChI is InChI=1S/C8H13N3O2S/c1-2-13-7(12)3-4-10-8-11-5-6(9)14-8/h5H,2-4,9H2,1H3,(H,10,11). The average Bonchev–Trinajstić information content (AvgIpc) is 2.52. The summed E-state index contributed by atoms with van der Waals surface area (Å²) < 4.78 is 4.76. The highest BCUT2D eigenvalue weighted by Crippen LogP contribution is 2.19. The number of ether oxygens (including phenoxy) is 1. The van der Waals surface area contributed by atoms with Crippen molar-refractivity contribution in [3.63, 3.8) is 0 Å². The predicted octanol–water partition coefficient (Wildman–Crippen LogP) is 1.09. The van der Waals surface area contributed by atoms with Gasteiger partial charge in [-0.1, -0.05) is 11.3 Å². The van der Waals surface area contributed by atoms with E-state index in [4.69, 9.17) is 10.5 Å². The van der Waals surface area contributed by atoms with Gasteiger partial charge in [-0.15, -0.1) is 0 Å². The summed E-state index contributed by atoms with van der Waals surface area (Å²) in [6, 6.07) is 0. The van der Waals surface area contributed by atoms with Crippen LogP contribution in [0.1, 0.15) is 13.3 Å². The lowest BCUT2D eigenvalue weighted by Crippen LogP contribution is -2.11. The maximum atomic E-state index is 10.9. The molecule has 0 aliphatic carbocycles. The second-order valence-corrected chi connectivity index (χ2v) is 3.61. The van der Waals surface area contributed by atoms with Crippen LogP contribution in [0.3, 0.4) is 0 Å². The number of thiazole rings is 1. The van der Waals surface area contributed by atoms with Crippen molar-refractivity contribution in [3.05, 3.63) is 6.20 Å². The highest BCUT2D eigenvalue weighted by Gasteiger charge is 2.02. The molecule has 0 aromatic carbocycles. The molecule has 0 aliphatic heterocycles. The molecule has 0 aliphatic rings. The maximum Gasteiger partial charge on any atom is 0.307 e. The Morgan fingerprint density at radius 1 is 1.79 bits per heavy atom. The minimum atomic E-state index is -0.204. The van der Waals surface area contributed by atoms with Crippen LogP contribution in [-0.4, -0.2) is 24.1 Å². The molecule has 1 heterocycles. The Balaban J connectivity index is 2.18. The molecule has 0 atom stereocenters. The lowest BCUT2D eigenvalue weighted by atomic mass is 10.4. The number of hydrogen-bond donors (Lipinski definition) is 2. The Morgan fingerprint density at radius 3 is 3.14 bits per heavy atom. The average molecular weight is 215 g/mol. The van der Waals surface area contributed by atoms with Gasteiger partial charge in [-0.3, -0.25) is 4.79 Å². The SMILES string of the molecule is CCOC(=O)CCNc1ncc(N)s1. The number of carbonyl (C=O) groups is 1. The van der Waals surface area contributed by atoms with E-state index in [1.807, 2.05) is 0 Å². The van der Waals surface area contributed by atoms with E-state index >= 15 is 0 Å². The van der Waals surface area contributed by atoms with Gasteiger partial charge in [0.1, 0.15) is 5.00 Å². The van der Waals surface area contributed by atoms with Crippen molar-refractivity contribution < 1.29 is 9.53 Å². The number of aromatic nitrogens is 1. The molecule has 0 fully saturated rings. The number of nitrogens with two attached hydrogens (primary N) is 1. The van der Waals surface area contributed by atoms with Gasteiger partial charge in [-0.05, 0) is 6.92 Å². The first-order valence-corrected chi connectivity index (χ1v) is 5.15. The first kappa shape index (κ1) is 10.8. The first-order valence-electron chi connectivity index (χ1n) is 4.33. The van der Waals surface area contributed by atoms with E-state index in [1.54, 1.807) is 13.1 Å². The number of rotatable bonds is 5. The van der Waals surface area contributed by atoms with E-state index in [0.29, 0.717) is 24.6 Å². The lowest BCUT2D eigenvalue weighted by Gasteiger charge is -2.02. The maximum absolute atomic E-state index is 10.9. The fourth-order valence-electron chi connectivity index (χ4n) is 0.873. The summed E-state index contributed by atoms with van der Waals surface area (Å²) in [5.41, 5.74) is 5.48. The van der Waals surface area contributed by atoms with Crippen LogP contribution in [0.2, 0.25) is 0 Å². The van der Waals surface area contributed by atoms with Crippen LogP contribution in [0.15, 0.2) is 6.20 Å². The van der Waals surface area contributed by atoms with E-state index in [0.717, 1.165) is 5.13 Å². The predicted molar refractivity (Wildman–Crippen MR) is 56.3 cm³/mol. The zero-order chi connectivity index (χ0) is 10.4. The van der Waals surface area contributed by atoms with Crippen molar-refractivity contribution in [1.82, 2.24) is 4.98 Å². The highest BCUT2D eigenvalue weighted by molar-refractivity contribution is 7.19. The number of nitrogen functional groups attached to an aromatic ring is 1. The third kappa shape index (κ3) is 3.61. The van der Waals surface area contributed by atoms with Gasteiger partial charge in [-0.25, -0.2) is 4.98 Å². The molecule has 0 radical (unpaired) electrons. The molecule has 0 spiro atoms. The summed E-state index contributed by atoms with van der Waals surface area (Å²) in [5, 5.41) is 4.37. The Bertz CT molecular complexity index is 301. The van der Waals surface area contributed by atoms with Crippen LogP contribution in [0.5, 0.6) is 0 Å². The summed E-state index contributed by atoms with van der Waals surface area (Å²) in [7, 11) is 0. The monoisotopic (exact) mass is 215 g/mol. The normalized spacial score (nSPS) is 9.79. The van der Waals surface area contributed by atoms with E-state index in [1.165, 1.54) is 11.3 Å². The molecule has 0 saturated heterocycles. The molecular weight excluding hydrogens is 202 g/mol. The van der Waals surface area contributed by atoms with Crippen LogP contribution in [0.4, 0.5) is 10.1 Å². The van der Waals surface area contributed by atoms with Gasteiger partial charge in [-0.2, -0.15) is 0 Å². The Morgan fingerprint density at radius 2 is 2.57 bits per heavy atom. The summed E-state index contributed by atoms with van der Waals surface area (Å²) in [5.74, 6) is -0.204. The summed E-state index contributed by atoms with van der Waals surface area (Å²) in [4.78, 5) is 14.9. The molecule has 1 rings (SSSR count). The number of esters is 1. The molecule has 0 bridgehead atoms. The minimum Gasteiger partial charge on any atom is -0.466 e. The van der Waals surface area contributed by atoms with Crippen LogP contribution in [0, 0.1) is 0 Å². The molecule has 0 saturated carbocycles. The summed E-state index contributed by atoms with van der Waals surface area (Å²) >= 11 is 1.36. The molecule has 0 amide bonds. The second kappa shape index (κ2) is 5.43. The third-order valence-corrected chi connectivity index (χ3v) is 2.22. The molecule has 6 heteroatoms. The lowest BCUT2D eigenvalue weighted by molar-refractivity contribution is -0.142. The van der Waals surface area contributed by atoms with Gasteiger partial charge in [0.25, 0.3) is 0 Å². The van der Waals surface area contributed by atoms with E-state index < -0.39 is 0 Å². The van der Waals surface area contributed by atoms with Crippen molar-refractivity contribution in [2.75, 3.05) is 24.2 Å². The third-order valence-electron chi connectivity index (χ3n) is 1.43. The first-order chi connectivity index (χ1) is 6.72. The van der Waals surface area contributed by atoms with Crippen LogP contribution >= 0.6 is 11.3 Å². The Hall–Kier alpha value is -1.30. The van der Waals surface area contributed by atoms with Gasteiger partial charge in [0.05, 0.1) is 19.2 Å². The van der Waals surface area contributed by atoms with Crippen molar-refractivity contribution in [2.24, 2.45) is 0 Å². The van der Waals surface area contributed by atoms with Gasteiger partial charge in [0.15, 0.2) is 5.13 Å². The van der Waals surface area contributed by atoms with E-state index in [-0.39, 0.29) is 5.97 Å². The van der Waals surface area contributed by atoms with Crippen LogP contribution in [0.25, 0.3) is 0 Å². The molecule has 1 aromatic rings.